The van der Waals surface area contributed by atoms with Gasteiger partial charge in [0.15, 0.2) is 5.82 Å². The van der Waals surface area contributed by atoms with E-state index < -0.39 is 23.8 Å². The molecule has 0 atom stereocenters. The number of hydrogen-bond acceptors (Lipinski definition) is 6. The zero-order chi connectivity index (χ0) is 16.8. The molecule has 118 valence electrons. The predicted octanol–water partition coefficient (Wildman–Crippen LogP) is 1.69. The van der Waals surface area contributed by atoms with E-state index in [4.69, 9.17) is 0 Å². The Morgan fingerprint density at radius 1 is 1.22 bits per heavy atom. The van der Waals surface area contributed by atoms with Crippen LogP contribution in [0.4, 0.5) is 19.0 Å². The Morgan fingerprint density at radius 3 is 2.57 bits per heavy atom. The number of imide groups is 1. The normalized spacial score (nSPS) is 15.3. The van der Waals surface area contributed by atoms with Crippen molar-refractivity contribution in [2.24, 2.45) is 0 Å². The fraction of sp³-hybridized carbons (Fsp3) is 0.154. The van der Waals surface area contributed by atoms with Crippen LogP contribution in [0.1, 0.15) is 12.7 Å². The molecule has 1 N–H and O–H groups in total. The molecule has 0 spiro atoms. The van der Waals surface area contributed by atoms with Crippen LogP contribution in [0.5, 0.6) is 0 Å². The van der Waals surface area contributed by atoms with Gasteiger partial charge in [-0.25, -0.2) is 9.97 Å². The highest BCUT2D eigenvalue weighted by molar-refractivity contribution is 6.16. The van der Waals surface area contributed by atoms with Crippen molar-refractivity contribution in [3.63, 3.8) is 0 Å². The molecule has 3 rings (SSSR count). The van der Waals surface area contributed by atoms with E-state index in [0.717, 1.165) is 6.08 Å². The standard InChI is InChI=1S/C13H8F3N5O2/c1-6-5-8(22)21(11(6)23)20-10-9-7(3-2-4-17-9)18-12(19-10)13(14,15)16/h2-5H,1H3,(H,18,19,20). The SMILES string of the molecule is CC1=CC(=O)N(Nc2nc(C(F)(F)F)nc3cccnc23)C1=O. The van der Waals surface area contributed by atoms with Crippen LogP contribution in [0.25, 0.3) is 11.0 Å². The van der Waals surface area contributed by atoms with E-state index in [-0.39, 0.29) is 22.4 Å². The first-order chi connectivity index (χ1) is 10.8. The fourth-order valence-corrected chi connectivity index (χ4v) is 1.97. The van der Waals surface area contributed by atoms with Crippen molar-refractivity contribution >= 4 is 28.7 Å². The summed E-state index contributed by atoms with van der Waals surface area (Å²) in [6.07, 6.45) is -2.38. The molecular formula is C13H8F3N5O2. The quantitative estimate of drug-likeness (QED) is 0.846. The molecule has 1 aliphatic heterocycles. The van der Waals surface area contributed by atoms with Crippen molar-refractivity contribution in [3.05, 3.63) is 35.8 Å². The van der Waals surface area contributed by atoms with Gasteiger partial charge in [0.1, 0.15) is 5.52 Å². The Kier molecular flexibility index (Phi) is 3.24. The van der Waals surface area contributed by atoms with Crippen molar-refractivity contribution in [1.82, 2.24) is 20.0 Å². The molecule has 0 saturated carbocycles. The van der Waals surface area contributed by atoms with E-state index in [1.807, 2.05) is 0 Å². The van der Waals surface area contributed by atoms with E-state index >= 15 is 0 Å². The Labute approximate surface area is 126 Å². The third-order valence-corrected chi connectivity index (χ3v) is 3.03. The number of fused-ring (bicyclic) bond motifs is 1. The highest BCUT2D eigenvalue weighted by atomic mass is 19.4. The Morgan fingerprint density at radius 2 is 1.96 bits per heavy atom. The van der Waals surface area contributed by atoms with Crippen molar-refractivity contribution in [1.29, 1.82) is 0 Å². The second-order valence-corrected chi connectivity index (χ2v) is 4.68. The molecule has 2 amide bonds. The molecule has 0 aliphatic carbocycles. The molecule has 2 aromatic rings. The molecule has 0 aromatic carbocycles. The number of carbonyl (C=O) groups excluding carboxylic acids is 2. The maximum atomic E-state index is 12.9. The van der Waals surface area contributed by atoms with Gasteiger partial charge in [0.2, 0.25) is 5.82 Å². The van der Waals surface area contributed by atoms with Gasteiger partial charge in [-0.1, -0.05) is 0 Å². The number of nitrogens with zero attached hydrogens (tertiary/aromatic N) is 4. The summed E-state index contributed by atoms with van der Waals surface area (Å²) in [6.45, 7) is 1.42. The van der Waals surface area contributed by atoms with Crippen LogP contribution in [0.15, 0.2) is 30.0 Å². The van der Waals surface area contributed by atoms with Gasteiger partial charge in [-0.3, -0.25) is 20.0 Å². The molecule has 0 radical (unpaired) electrons. The lowest BCUT2D eigenvalue weighted by atomic mass is 10.3. The average Bonchev–Trinajstić information content (AvgIpc) is 2.72. The van der Waals surface area contributed by atoms with Crippen LogP contribution in [0.2, 0.25) is 0 Å². The molecule has 7 nitrogen and oxygen atoms in total. The number of hydrazine groups is 1. The first kappa shape index (κ1) is 14.9. The van der Waals surface area contributed by atoms with Crippen molar-refractivity contribution < 1.29 is 22.8 Å². The van der Waals surface area contributed by atoms with Crippen molar-refractivity contribution in [2.45, 2.75) is 13.1 Å². The molecule has 1 aliphatic rings. The number of rotatable bonds is 2. The van der Waals surface area contributed by atoms with E-state index in [1.54, 1.807) is 0 Å². The molecule has 0 fully saturated rings. The molecule has 0 unspecified atom stereocenters. The fourth-order valence-electron chi connectivity index (χ4n) is 1.97. The van der Waals surface area contributed by atoms with E-state index in [9.17, 15) is 22.8 Å². The second kappa shape index (κ2) is 5.00. The monoisotopic (exact) mass is 323 g/mol. The largest absolute Gasteiger partial charge is 0.451 e. The number of aromatic nitrogens is 3. The summed E-state index contributed by atoms with van der Waals surface area (Å²) in [4.78, 5) is 34.2. The zero-order valence-electron chi connectivity index (χ0n) is 11.5. The van der Waals surface area contributed by atoms with Gasteiger partial charge >= 0.3 is 6.18 Å². The lowest BCUT2D eigenvalue weighted by Crippen LogP contribution is -2.37. The third kappa shape index (κ3) is 2.58. The molecule has 0 saturated heterocycles. The van der Waals surface area contributed by atoms with Crippen molar-refractivity contribution in [2.75, 3.05) is 5.43 Å². The number of halogens is 3. The average molecular weight is 323 g/mol. The molecule has 23 heavy (non-hydrogen) atoms. The molecule has 0 bridgehead atoms. The van der Waals surface area contributed by atoms with E-state index in [1.165, 1.54) is 25.3 Å². The van der Waals surface area contributed by atoms with Crippen LogP contribution in [0, 0.1) is 0 Å². The summed E-state index contributed by atoms with van der Waals surface area (Å²) in [7, 11) is 0. The summed E-state index contributed by atoms with van der Waals surface area (Å²) in [5, 5.41) is 0.575. The van der Waals surface area contributed by atoms with Crippen LogP contribution in [-0.2, 0) is 15.8 Å². The first-order valence-corrected chi connectivity index (χ1v) is 6.30. The highest BCUT2D eigenvalue weighted by Gasteiger charge is 2.36. The van der Waals surface area contributed by atoms with Crippen LogP contribution in [0.3, 0.4) is 0 Å². The van der Waals surface area contributed by atoms with Gasteiger partial charge in [-0.05, 0) is 19.1 Å². The van der Waals surface area contributed by atoms with Crippen LogP contribution >= 0.6 is 0 Å². The molecule has 2 aromatic heterocycles. The van der Waals surface area contributed by atoms with Gasteiger partial charge in [0.25, 0.3) is 11.8 Å². The molecule has 10 heteroatoms. The summed E-state index contributed by atoms with van der Waals surface area (Å²) < 4.78 is 38.7. The van der Waals surface area contributed by atoms with Gasteiger partial charge in [0.05, 0.1) is 5.52 Å². The van der Waals surface area contributed by atoms with Crippen LogP contribution < -0.4 is 5.43 Å². The van der Waals surface area contributed by atoms with Gasteiger partial charge in [0, 0.05) is 17.8 Å². The molecule has 3 heterocycles. The predicted molar refractivity (Wildman–Crippen MR) is 71.6 cm³/mol. The zero-order valence-corrected chi connectivity index (χ0v) is 11.5. The third-order valence-electron chi connectivity index (χ3n) is 3.03. The number of anilines is 1. The lowest BCUT2D eigenvalue weighted by molar-refractivity contribution is -0.144. The Bertz CT molecular complexity index is 862. The molecular weight excluding hydrogens is 315 g/mol. The van der Waals surface area contributed by atoms with Crippen LogP contribution in [-0.4, -0.2) is 31.8 Å². The Hall–Kier alpha value is -3.04. The minimum Gasteiger partial charge on any atom is -0.270 e. The maximum Gasteiger partial charge on any atom is 0.451 e. The number of amides is 2. The first-order valence-electron chi connectivity index (χ1n) is 6.30. The minimum atomic E-state index is -4.78. The van der Waals surface area contributed by atoms with Gasteiger partial charge in [-0.15, -0.1) is 0 Å². The van der Waals surface area contributed by atoms with E-state index in [0.29, 0.717) is 5.01 Å². The number of nitrogens with one attached hydrogen (secondary N) is 1. The topological polar surface area (TPSA) is 88.1 Å². The summed E-state index contributed by atoms with van der Waals surface area (Å²) in [5.41, 5.74) is 2.39. The lowest BCUT2D eigenvalue weighted by Gasteiger charge is -2.18. The van der Waals surface area contributed by atoms with Gasteiger partial charge in [-0.2, -0.15) is 18.2 Å². The summed E-state index contributed by atoms with van der Waals surface area (Å²) in [6, 6.07) is 2.73. The minimum absolute atomic E-state index is 0.00523. The van der Waals surface area contributed by atoms with E-state index in [2.05, 4.69) is 20.4 Å². The Balaban J connectivity index is 2.10. The smallest absolute Gasteiger partial charge is 0.270 e. The summed E-state index contributed by atoms with van der Waals surface area (Å²) in [5.74, 6) is -3.16. The number of carbonyl (C=O) groups is 2. The van der Waals surface area contributed by atoms with Gasteiger partial charge < -0.3 is 0 Å². The summed E-state index contributed by atoms with van der Waals surface area (Å²) >= 11 is 0. The van der Waals surface area contributed by atoms with Crippen molar-refractivity contribution in [3.8, 4) is 0 Å². The second-order valence-electron chi connectivity index (χ2n) is 4.68. The number of hydrogen-bond donors (Lipinski definition) is 1. The number of pyridine rings is 1. The highest BCUT2D eigenvalue weighted by Crippen LogP contribution is 2.30. The number of alkyl halides is 3. The maximum absolute atomic E-state index is 12.9.